The standard InChI is InChI=1S/C19H26N4O2S.HI/c1-4-21-18(24)13-25-16-8-5-7-15(11-16)12-22-19(20-3)23-14(2)17-9-6-10-26-17;/h5-11,14H,4,12-13H2,1-3H3,(H,21,24)(H2,20,22,23);1H. The Bertz CT molecular complexity index is 722. The monoisotopic (exact) mass is 502 g/mol. The zero-order chi connectivity index (χ0) is 18.8. The lowest BCUT2D eigenvalue weighted by molar-refractivity contribution is -0.122. The van der Waals surface area contributed by atoms with Crippen LogP contribution in [0.1, 0.15) is 30.3 Å². The first-order chi connectivity index (χ1) is 12.6. The SMILES string of the molecule is CCNC(=O)COc1cccc(CNC(=NC)NC(C)c2cccs2)c1.I. The van der Waals surface area contributed by atoms with Crippen LogP contribution < -0.4 is 20.7 Å². The molecule has 148 valence electrons. The number of amides is 1. The Labute approximate surface area is 181 Å². The van der Waals surface area contributed by atoms with Gasteiger partial charge in [0.2, 0.25) is 0 Å². The van der Waals surface area contributed by atoms with Crippen molar-refractivity contribution in [1.29, 1.82) is 0 Å². The number of benzene rings is 1. The van der Waals surface area contributed by atoms with Gasteiger partial charge in [0.1, 0.15) is 5.75 Å². The molecule has 0 bridgehead atoms. The quantitative estimate of drug-likeness (QED) is 0.294. The molecule has 8 heteroatoms. The molecule has 0 aliphatic rings. The predicted molar refractivity (Wildman–Crippen MR) is 122 cm³/mol. The summed E-state index contributed by atoms with van der Waals surface area (Å²) in [5.41, 5.74) is 1.05. The van der Waals surface area contributed by atoms with Crippen molar-refractivity contribution >= 4 is 47.2 Å². The van der Waals surface area contributed by atoms with E-state index in [0.717, 1.165) is 11.5 Å². The highest BCUT2D eigenvalue weighted by Crippen LogP contribution is 2.18. The van der Waals surface area contributed by atoms with Crippen LogP contribution in [0.5, 0.6) is 5.75 Å². The molecule has 2 rings (SSSR count). The summed E-state index contributed by atoms with van der Waals surface area (Å²) in [4.78, 5) is 17.0. The third kappa shape index (κ3) is 8.17. The number of hydrogen-bond donors (Lipinski definition) is 3. The average Bonchev–Trinajstić information content (AvgIpc) is 3.19. The highest BCUT2D eigenvalue weighted by atomic mass is 127. The Hall–Kier alpha value is -1.81. The van der Waals surface area contributed by atoms with Gasteiger partial charge in [-0.15, -0.1) is 35.3 Å². The number of guanidine groups is 1. The molecule has 0 fully saturated rings. The van der Waals surface area contributed by atoms with E-state index in [0.29, 0.717) is 18.8 Å². The van der Waals surface area contributed by atoms with Crippen LogP contribution in [0.15, 0.2) is 46.8 Å². The van der Waals surface area contributed by atoms with Crippen LogP contribution in [0.3, 0.4) is 0 Å². The van der Waals surface area contributed by atoms with E-state index in [4.69, 9.17) is 4.74 Å². The molecule has 1 unspecified atom stereocenters. The molecule has 0 aliphatic heterocycles. The molecule has 2 aromatic rings. The second-order valence-corrected chi connectivity index (χ2v) is 6.68. The van der Waals surface area contributed by atoms with Gasteiger partial charge in [0.25, 0.3) is 5.91 Å². The number of hydrogen-bond acceptors (Lipinski definition) is 4. The van der Waals surface area contributed by atoms with Crippen LogP contribution in [0.25, 0.3) is 0 Å². The number of aliphatic imine (C=N–C) groups is 1. The van der Waals surface area contributed by atoms with Crippen molar-refractivity contribution in [3.63, 3.8) is 0 Å². The number of rotatable bonds is 8. The van der Waals surface area contributed by atoms with Gasteiger partial charge in [0.05, 0.1) is 6.04 Å². The van der Waals surface area contributed by atoms with E-state index >= 15 is 0 Å². The molecule has 3 N–H and O–H groups in total. The highest BCUT2D eigenvalue weighted by Gasteiger charge is 2.08. The summed E-state index contributed by atoms with van der Waals surface area (Å²) < 4.78 is 5.52. The van der Waals surface area contributed by atoms with E-state index in [1.165, 1.54) is 4.88 Å². The fourth-order valence-electron chi connectivity index (χ4n) is 2.34. The van der Waals surface area contributed by atoms with Gasteiger partial charge in [-0.25, -0.2) is 0 Å². The van der Waals surface area contributed by atoms with Gasteiger partial charge in [-0.2, -0.15) is 0 Å². The largest absolute Gasteiger partial charge is 0.484 e. The van der Waals surface area contributed by atoms with Crippen molar-refractivity contribution < 1.29 is 9.53 Å². The minimum absolute atomic E-state index is 0. The first kappa shape index (κ1) is 23.2. The second-order valence-electron chi connectivity index (χ2n) is 5.70. The van der Waals surface area contributed by atoms with Crippen molar-refractivity contribution in [3.05, 3.63) is 52.2 Å². The van der Waals surface area contributed by atoms with Crippen LogP contribution in [0, 0.1) is 0 Å². The van der Waals surface area contributed by atoms with Gasteiger partial charge in [0.15, 0.2) is 12.6 Å². The van der Waals surface area contributed by atoms with E-state index < -0.39 is 0 Å². The van der Waals surface area contributed by atoms with Crippen molar-refractivity contribution in [1.82, 2.24) is 16.0 Å². The van der Waals surface area contributed by atoms with Gasteiger partial charge in [-0.3, -0.25) is 9.79 Å². The van der Waals surface area contributed by atoms with Crippen molar-refractivity contribution in [2.75, 3.05) is 20.2 Å². The molecule has 1 heterocycles. The van der Waals surface area contributed by atoms with Gasteiger partial charge >= 0.3 is 0 Å². The highest BCUT2D eigenvalue weighted by molar-refractivity contribution is 14.0. The van der Waals surface area contributed by atoms with Crippen molar-refractivity contribution in [3.8, 4) is 5.75 Å². The van der Waals surface area contributed by atoms with E-state index in [-0.39, 0.29) is 42.5 Å². The summed E-state index contributed by atoms with van der Waals surface area (Å²) in [6, 6.07) is 12.0. The fourth-order valence-corrected chi connectivity index (χ4v) is 3.07. The summed E-state index contributed by atoms with van der Waals surface area (Å²) >= 11 is 1.72. The van der Waals surface area contributed by atoms with E-state index in [9.17, 15) is 4.79 Å². The molecular weight excluding hydrogens is 475 g/mol. The normalized spacial score (nSPS) is 11.9. The van der Waals surface area contributed by atoms with Gasteiger partial charge in [-0.05, 0) is 43.0 Å². The number of nitrogens with one attached hydrogen (secondary N) is 3. The van der Waals surface area contributed by atoms with Gasteiger partial charge in [0, 0.05) is 25.0 Å². The molecule has 1 aromatic carbocycles. The first-order valence-corrected chi connectivity index (χ1v) is 9.49. The predicted octanol–water partition coefficient (Wildman–Crippen LogP) is 3.31. The molecular formula is C19H27IN4O2S. The number of halogens is 1. The molecule has 27 heavy (non-hydrogen) atoms. The first-order valence-electron chi connectivity index (χ1n) is 8.61. The van der Waals surface area contributed by atoms with Crippen molar-refractivity contribution in [2.45, 2.75) is 26.4 Å². The topological polar surface area (TPSA) is 74.8 Å². The number of carbonyl (C=O) groups is 1. The lowest BCUT2D eigenvalue weighted by Gasteiger charge is -2.17. The smallest absolute Gasteiger partial charge is 0.257 e. The molecule has 0 aliphatic carbocycles. The number of likely N-dealkylation sites (N-methyl/N-ethyl adjacent to an activating group) is 1. The van der Waals surface area contributed by atoms with E-state index in [2.05, 4.69) is 39.3 Å². The third-order valence-electron chi connectivity index (χ3n) is 3.65. The number of nitrogens with zero attached hydrogens (tertiary/aromatic N) is 1. The van der Waals surface area contributed by atoms with Crippen LogP contribution in [-0.2, 0) is 11.3 Å². The molecule has 6 nitrogen and oxygen atoms in total. The summed E-state index contributed by atoms with van der Waals surface area (Å²) in [6.45, 7) is 5.21. The Kier molecular flexibility index (Phi) is 10.8. The minimum atomic E-state index is -0.122. The maximum atomic E-state index is 11.5. The average molecular weight is 502 g/mol. The van der Waals surface area contributed by atoms with Gasteiger partial charge in [-0.1, -0.05) is 18.2 Å². The number of carbonyl (C=O) groups excluding carboxylic acids is 1. The van der Waals surface area contributed by atoms with Crippen LogP contribution >= 0.6 is 35.3 Å². The molecule has 0 saturated heterocycles. The third-order valence-corrected chi connectivity index (χ3v) is 4.70. The Morgan fingerprint density at radius 1 is 1.26 bits per heavy atom. The zero-order valence-corrected chi connectivity index (χ0v) is 19.0. The summed E-state index contributed by atoms with van der Waals surface area (Å²) in [7, 11) is 1.75. The van der Waals surface area contributed by atoms with Crippen LogP contribution in [0.4, 0.5) is 0 Å². The van der Waals surface area contributed by atoms with Crippen LogP contribution in [0.2, 0.25) is 0 Å². The molecule has 0 spiro atoms. The van der Waals surface area contributed by atoms with E-state index in [1.54, 1.807) is 18.4 Å². The molecule has 1 amide bonds. The zero-order valence-electron chi connectivity index (χ0n) is 15.8. The Morgan fingerprint density at radius 2 is 2.07 bits per heavy atom. The lowest BCUT2D eigenvalue weighted by atomic mass is 10.2. The fraction of sp³-hybridized carbons (Fsp3) is 0.368. The Balaban J connectivity index is 0.00000364. The van der Waals surface area contributed by atoms with Gasteiger partial charge < -0.3 is 20.7 Å². The summed E-state index contributed by atoms with van der Waals surface area (Å²) in [5.74, 6) is 1.29. The Morgan fingerprint density at radius 3 is 2.74 bits per heavy atom. The van der Waals surface area contributed by atoms with Crippen LogP contribution in [-0.4, -0.2) is 32.1 Å². The van der Waals surface area contributed by atoms with Crippen molar-refractivity contribution in [2.24, 2.45) is 4.99 Å². The molecule has 1 atom stereocenters. The molecule has 0 saturated carbocycles. The molecule has 1 aromatic heterocycles. The second kappa shape index (κ2) is 12.6. The summed E-state index contributed by atoms with van der Waals surface area (Å²) in [6.07, 6.45) is 0. The minimum Gasteiger partial charge on any atom is -0.484 e. The molecule has 0 radical (unpaired) electrons. The lowest BCUT2D eigenvalue weighted by Crippen LogP contribution is -2.38. The number of ether oxygens (including phenoxy) is 1. The van der Waals surface area contributed by atoms with E-state index in [1.807, 2.05) is 37.3 Å². The maximum absolute atomic E-state index is 11.5. The summed E-state index contributed by atoms with van der Waals surface area (Å²) in [5, 5.41) is 11.4. The maximum Gasteiger partial charge on any atom is 0.257 e. The number of thiophene rings is 1.